The van der Waals surface area contributed by atoms with Crippen LogP contribution in [0.2, 0.25) is 0 Å². The van der Waals surface area contributed by atoms with Crippen molar-refractivity contribution >= 4 is 34.6 Å². The van der Waals surface area contributed by atoms with Crippen molar-refractivity contribution in [3.05, 3.63) is 71.8 Å². The Kier molecular flexibility index (Phi) is 5.70. The monoisotopic (exact) mass is 451 g/mol. The summed E-state index contributed by atoms with van der Waals surface area (Å²) in [5.74, 6) is -1.14. The van der Waals surface area contributed by atoms with Gasteiger partial charge in [0.2, 0.25) is 5.91 Å². The molecular weight excluding hydrogens is 433 g/mol. The van der Waals surface area contributed by atoms with Crippen molar-refractivity contribution in [2.24, 2.45) is 5.92 Å². The second kappa shape index (κ2) is 7.97. The number of aliphatic hydroxyl groups excluding tert-OH is 1. The predicted octanol–water partition coefficient (Wildman–Crippen LogP) is 3.49. The fourth-order valence-electron chi connectivity index (χ4n) is 2.93. The molecule has 2 amide bonds. The van der Waals surface area contributed by atoms with Crippen LogP contribution in [0.15, 0.2) is 60.7 Å². The van der Waals surface area contributed by atoms with E-state index >= 15 is 0 Å². The molecule has 1 N–H and O–H groups in total. The first kappa shape index (κ1) is 17.9. The third-order valence-electron chi connectivity index (χ3n) is 4.30. The number of rotatable bonds is 5. The van der Waals surface area contributed by atoms with Gasteiger partial charge in [-0.05, 0) is 11.1 Å². The van der Waals surface area contributed by atoms with Crippen molar-refractivity contribution in [2.75, 3.05) is 11.0 Å². The number of carbonyl (C=O) groups is 2. The number of hydrogen-bond acceptors (Lipinski definition) is 4. The predicted molar refractivity (Wildman–Crippen MR) is 101 cm³/mol. The summed E-state index contributed by atoms with van der Waals surface area (Å²) in [7, 11) is 0. The number of carbonyl (C=O) groups excluding carboxylic acids is 2. The molecule has 0 saturated carbocycles. The van der Waals surface area contributed by atoms with Gasteiger partial charge in [-0.1, -0.05) is 83.3 Å². The highest BCUT2D eigenvalue weighted by molar-refractivity contribution is 14.1. The van der Waals surface area contributed by atoms with Gasteiger partial charge < -0.3 is 9.84 Å². The number of hydrogen-bond donors (Lipinski definition) is 1. The second-order valence-corrected chi connectivity index (χ2v) is 6.71. The summed E-state index contributed by atoms with van der Waals surface area (Å²) in [6, 6.07) is 17.9. The van der Waals surface area contributed by atoms with Crippen LogP contribution in [0, 0.1) is 5.92 Å². The SMILES string of the molecule is O=C1OC[C@H](c2ccccc2)N1C(=O)[C@H](CI)[C@H](O)c1ccccc1. The van der Waals surface area contributed by atoms with Gasteiger partial charge in [0, 0.05) is 4.43 Å². The zero-order valence-corrected chi connectivity index (χ0v) is 15.6. The van der Waals surface area contributed by atoms with Crippen molar-refractivity contribution in [1.29, 1.82) is 0 Å². The lowest BCUT2D eigenvalue weighted by atomic mass is 9.95. The van der Waals surface area contributed by atoms with Crippen LogP contribution in [0.4, 0.5) is 4.79 Å². The van der Waals surface area contributed by atoms with Crippen LogP contribution >= 0.6 is 22.6 Å². The number of imide groups is 1. The summed E-state index contributed by atoms with van der Waals surface area (Å²) in [5.41, 5.74) is 1.49. The molecule has 0 unspecified atom stereocenters. The maximum absolute atomic E-state index is 13.0. The Labute approximate surface area is 159 Å². The summed E-state index contributed by atoms with van der Waals surface area (Å²) < 4.78 is 5.50. The Balaban J connectivity index is 1.87. The summed E-state index contributed by atoms with van der Waals surface area (Å²) in [4.78, 5) is 26.4. The maximum atomic E-state index is 13.0. The number of alkyl halides is 1. The standard InChI is InChI=1S/C19H18INO4/c20-11-15(17(22)14-9-5-2-6-10-14)18(23)21-16(12-25-19(21)24)13-7-3-1-4-8-13/h1-10,15-17,22H,11-12H2/t15-,16-,17-/m1/s1. The van der Waals surface area contributed by atoms with Crippen LogP contribution < -0.4 is 0 Å². The van der Waals surface area contributed by atoms with Gasteiger partial charge in [0.05, 0.1) is 12.0 Å². The van der Waals surface area contributed by atoms with Gasteiger partial charge in [-0.3, -0.25) is 4.79 Å². The van der Waals surface area contributed by atoms with E-state index in [1.54, 1.807) is 12.1 Å². The number of aliphatic hydroxyl groups is 1. The summed E-state index contributed by atoms with van der Waals surface area (Å²) in [6.07, 6.45) is -1.63. The molecule has 1 heterocycles. The van der Waals surface area contributed by atoms with Crippen LogP contribution in [0.3, 0.4) is 0 Å². The Hall–Kier alpha value is -1.93. The molecular formula is C19H18INO4. The third kappa shape index (κ3) is 3.69. The van der Waals surface area contributed by atoms with E-state index < -0.39 is 30.1 Å². The molecule has 6 heteroatoms. The maximum Gasteiger partial charge on any atom is 0.417 e. The average Bonchev–Trinajstić information content (AvgIpc) is 3.05. The summed E-state index contributed by atoms with van der Waals surface area (Å²) >= 11 is 2.06. The van der Waals surface area contributed by atoms with Crippen molar-refractivity contribution in [3.63, 3.8) is 0 Å². The van der Waals surface area contributed by atoms with Gasteiger partial charge in [-0.25, -0.2) is 9.69 Å². The summed E-state index contributed by atoms with van der Waals surface area (Å²) in [6.45, 7) is 0.129. The molecule has 0 aliphatic carbocycles. The number of ether oxygens (including phenoxy) is 1. The number of benzene rings is 2. The molecule has 3 rings (SSSR count). The molecule has 3 atom stereocenters. The highest BCUT2D eigenvalue weighted by atomic mass is 127. The number of nitrogens with zero attached hydrogens (tertiary/aromatic N) is 1. The lowest BCUT2D eigenvalue weighted by Gasteiger charge is -2.27. The van der Waals surface area contributed by atoms with Gasteiger partial charge >= 0.3 is 6.09 Å². The Bertz CT molecular complexity index is 738. The van der Waals surface area contributed by atoms with Gasteiger partial charge in [0.1, 0.15) is 12.6 Å². The van der Waals surface area contributed by atoms with E-state index in [-0.39, 0.29) is 6.61 Å². The minimum atomic E-state index is -0.976. The van der Waals surface area contributed by atoms with E-state index in [2.05, 4.69) is 22.6 Å². The van der Waals surface area contributed by atoms with E-state index in [1.807, 2.05) is 48.5 Å². The Morgan fingerprint density at radius 3 is 2.36 bits per heavy atom. The minimum absolute atomic E-state index is 0.129. The van der Waals surface area contributed by atoms with E-state index in [1.165, 1.54) is 0 Å². The van der Waals surface area contributed by atoms with E-state index in [9.17, 15) is 14.7 Å². The smallest absolute Gasteiger partial charge is 0.417 e. The molecule has 130 valence electrons. The van der Waals surface area contributed by atoms with E-state index in [4.69, 9.17) is 4.74 Å². The van der Waals surface area contributed by atoms with Crippen molar-refractivity contribution in [2.45, 2.75) is 12.1 Å². The molecule has 0 radical (unpaired) electrons. The molecule has 1 fully saturated rings. The number of halogens is 1. The first-order valence-corrected chi connectivity index (χ1v) is 9.49. The largest absolute Gasteiger partial charge is 0.446 e. The van der Waals surface area contributed by atoms with Crippen LogP contribution in [-0.4, -0.2) is 33.0 Å². The van der Waals surface area contributed by atoms with Gasteiger partial charge in [-0.15, -0.1) is 0 Å². The van der Waals surface area contributed by atoms with Crippen molar-refractivity contribution in [3.8, 4) is 0 Å². The molecule has 0 bridgehead atoms. The molecule has 0 spiro atoms. The molecule has 5 nitrogen and oxygen atoms in total. The fourth-order valence-corrected chi connectivity index (χ4v) is 3.79. The van der Waals surface area contributed by atoms with Crippen LogP contribution in [0.1, 0.15) is 23.3 Å². The van der Waals surface area contributed by atoms with Crippen molar-refractivity contribution < 1.29 is 19.4 Å². The molecule has 25 heavy (non-hydrogen) atoms. The van der Waals surface area contributed by atoms with Gasteiger partial charge in [0.25, 0.3) is 0 Å². The molecule has 2 aromatic carbocycles. The normalized spacial score (nSPS) is 19.4. The second-order valence-electron chi connectivity index (χ2n) is 5.83. The van der Waals surface area contributed by atoms with Crippen LogP contribution in [0.25, 0.3) is 0 Å². The van der Waals surface area contributed by atoms with E-state index in [0.29, 0.717) is 9.99 Å². The topological polar surface area (TPSA) is 66.8 Å². The van der Waals surface area contributed by atoms with Crippen LogP contribution in [0.5, 0.6) is 0 Å². The Morgan fingerprint density at radius 1 is 1.16 bits per heavy atom. The Morgan fingerprint density at radius 2 is 1.76 bits per heavy atom. The van der Waals surface area contributed by atoms with E-state index in [0.717, 1.165) is 10.5 Å². The fraction of sp³-hybridized carbons (Fsp3) is 0.263. The molecule has 0 aromatic heterocycles. The zero-order valence-electron chi connectivity index (χ0n) is 13.4. The zero-order chi connectivity index (χ0) is 17.8. The average molecular weight is 451 g/mol. The first-order valence-electron chi connectivity index (χ1n) is 7.97. The molecule has 1 saturated heterocycles. The number of amides is 2. The molecule has 1 aliphatic rings. The van der Waals surface area contributed by atoms with Crippen molar-refractivity contribution in [1.82, 2.24) is 4.90 Å². The summed E-state index contributed by atoms with van der Waals surface area (Å²) in [5, 5.41) is 10.6. The highest BCUT2D eigenvalue weighted by Crippen LogP contribution is 2.33. The third-order valence-corrected chi connectivity index (χ3v) is 5.25. The van der Waals surface area contributed by atoms with Gasteiger partial charge in [-0.2, -0.15) is 0 Å². The molecule has 1 aliphatic heterocycles. The molecule has 2 aromatic rings. The quantitative estimate of drug-likeness (QED) is 0.559. The highest BCUT2D eigenvalue weighted by Gasteiger charge is 2.43. The first-order chi connectivity index (χ1) is 12.1. The lowest BCUT2D eigenvalue weighted by Crippen LogP contribution is -2.41. The number of cyclic esters (lactones) is 1. The van der Waals surface area contributed by atoms with Crippen LogP contribution in [-0.2, 0) is 9.53 Å². The lowest BCUT2D eigenvalue weighted by molar-refractivity contribution is -0.136. The van der Waals surface area contributed by atoms with Gasteiger partial charge in [0.15, 0.2) is 0 Å². The minimum Gasteiger partial charge on any atom is -0.446 e.